The van der Waals surface area contributed by atoms with E-state index in [9.17, 15) is 4.79 Å². The van der Waals surface area contributed by atoms with Gasteiger partial charge in [-0.05, 0) is 49.1 Å². The van der Waals surface area contributed by atoms with Gasteiger partial charge in [-0.2, -0.15) is 0 Å². The van der Waals surface area contributed by atoms with Crippen LogP contribution in [0.25, 0.3) is 10.2 Å². The highest BCUT2D eigenvalue weighted by atomic mass is 32.1. The second-order valence-electron chi connectivity index (χ2n) is 8.16. The first-order chi connectivity index (χ1) is 15.2. The van der Waals surface area contributed by atoms with Crippen molar-refractivity contribution in [2.75, 3.05) is 39.4 Å². The molecule has 2 aliphatic rings. The van der Waals surface area contributed by atoms with Crippen LogP contribution in [0.2, 0.25) is 0 Å². The van der Waals surface area contributed by atoms with E-state index in [1.54, 1.807) is 11.3 Å². The third-order valence-electron chi connectivity index (χ3n) is 6.14. The van der Waals surface area contributed by atoms with E-state index in [0.29, 0.717) is 17.8 Å². The van der Waals surface area contributed by atoms with Crippen LogP contribution in [-0.4, -0.2) is 66.1 Å². The number of likely N-dealkylation sites (tertiary alicyclic amines) is 1. The third kappa shape index (κ3) is 4.89. The van der Waals surface area contributed by atoms with E-state index in [1.807, 2.05) is 35.2 Å². The molecule has 2 aliphatic heterocycles. The molecule has 6 nitrogen and oxygen atoms in total. The fourth-order valence-electron chi connectivity index (χ4n) is 4.38. The van der Waals surface area contributed by atoms with E-state index in [4.69, 9.17) is 9.47 Å². The summed E-state index contributed by atoms with van der Waals surface area (Å²) in [6.45, 7) is 4.81. The lowest BCUT2D eigenvalue weighted by atomic mass is 10.0. The van der Waals surface area contributed by atoms with Gasteiger partial charge < -0.3 is 19.3 Å². The van der Waals surface area contributed by atoms with Gasteiger partial charge in [0.25, 0.3) is 5.19 Å². The number of piperidine rings is 1. The number of aromatic nitrogens is 1. The van der Waals surface area contributed by atoms with Gasteiger partial charge in [-0.25, -0.2) is 4.98 Å². The standard InChI is InChI=1S/C24H27N3O3S/c28-23-17-29-16-15-27(23)19-10-13-26(14-11-19)12-9-18-5-7-20(8-6-18)30-24-25-21-3-1-2-4-22(21)31-24/h1-8,19H,9-17H2. The van der Waals surface area contributed by atoms with Crippen molar-refractivity contribution in [2.24, 2.45) is 0 Å². The van der Waals surface area contributed by atoms with E-state index >= 15 is 0 Å². The van der Waals surface area contributed by atoms with Gasteiger partial charge in [0.2, 0.25) is 5.91 Å². The minimum atomic E-state index is 0.151. The summed E-state index contributed by atoms with van der Waals surface area (Å²) in [7, 11) is 0. The summed E-state index contributed by atoms with van der Waals surface area (Å²) < 4.78 is 12.3. The lowest BCUT2D eigenvalue weighted by Crippen LogP contribution is -2.52. The van der Waals surface area contributed by atoms with Crippen molar-refractivity contribution in [3.8, 4) is 10.9 Å². The summed E-state index contributed by atoms with van der Waals surface area (Å²) in [6.07, 6.45) is 3.13. The normalized spacial score (nSPS) is 18.6. The number of thiazole rings is 1. The molecule has 1 aromatic heterocycles. The maximum absolute atomic E-state index is 12.0. The molecule has 2 aromatic carbocycles. The van der Waals surface area contributed by atoms with Crippen LogP contribution in [0.15, 0.2) is 48.5 Å². The molecule has 2 fully saturated rings. The van der Waals surface area contributed by atoms with E-state index in [2.05, 4.69) is 28.1 Å². The van der Waals surface area contributed by atoms with Gasteiger partial charge in [-0.15, -0.1) is 0 Å². The smallest absolute Gasteiger partial charge is 0.279 e. The quantitative estimate of drug-likeness (QED) is 0.584. The minimum absolute atomic E-state index is 0.151. The summed E-state index contributed by atoms with van der Waals surface area (Å²) in [5.74, 6) is 0.969. The van der Waals surface area contributed by atoms with Crippen molar-refractivity contribution in [3.63, 3.8) is 0 Å². The summed E-state index contributed by atoms with van der Waals surface area (Å²) in [5.41, 5.74) is 2.28. The Morgan fingerprint density at radius 2 is 1.87 bits per heavy atom. The molecule has 162 valence electrons. The van der Waals surface area contributed by atoms with Gasteiger partial charge >= 0.3 is 0 Å². The lowest BCUT2D eigenvalue weighted by Gasteiger charge is -2.40. The Morgan fingerprint density at radius 3 is 2.65 bits per heavy atom. The van der Waals surface area contributed by atoms with Crippen LogP contribution in [0.1, 0.15) is 18.4 Å². The number of morpholine rings is 1. The molecule has 0 spiro atoms. The Labute approximate surface area is 186 Å². The Kier molecular flexibility index (Phi) is 6.15. The maximum atomic E-state index is 12.0. The van der Waals surface area contributed by atoms with Crippen molar-refractivity contribution < 1.29 is 14.3 Å². The topological polar surface area (TPSA) is 54.9 Å². The Bertz CT molecular complexity index is 995. The first-order valence-corrected chi connectivity index (χ1v) is 11.8. The van der Waals surface area contributed by atoms with Crippen LogP contribution in [0.3, 0.4) is 0 Å². The van der Waals surface area contributed by atoms with Gasteiger partial charge in [0.15, 0.2) is 0 Å². The Hall–Kier alpha value is -2.48. The Balaban J connectivity index is 1.09. The van der Waals surface area contributed by atoms with Crippen LogP contribution in [0.5, 0.6) is 10.9 Å². The van der Waals surface area contributed by atoms with Gasteiger partial charge in [0, 0.05) is 32.2 Å². The zero-order chi connectivity index (χ0) is 21.0. The second kappa shape index (κ2) is 9.34. The summed E-state index contributed by atoms with van der Waals surface area (Å²) in [6, 6.07) is 16.8. The maximum Gasteiger partial charge on any atom is 0.279 e. The molecule has 3 aromatic rings. The number of carbonyl (C=O) groups excluding carboxylic acids is 1. The van der Waals surface area contributed by atoms with Crippen LogP contribution < -0.4 is 4.74 Å². The zero-order valence-electron chi connectivity index (χ0n) is 17.5. The number of nitrogens with zero attached hydrogens (tertiary/aromatic N) is 3. The van der Waals surface area contributed by atoms with Crippen molar-refractivity contribution in [3.05, 3.63) is 54.1 Å². The molecule has 31 heavy (non-hydrogen) atoms. The number of amides is 1. The monoisotopic (exact) mass is 437 g/mol. The third-order valence-corrected chi connectivity index (χ3v) is 7.05. The van der Waals surface area contributed by atoms with Crippen molar-refractivity contribution in [1.29, 1.82) is 0 Å². The highest BCUT2D eigenvalue weighted by molar-refractivity contribution is 7.20. The largest absolute Gasteiger partial charge is 0.431 e. The molecule has 0 bridgehead atoms. The summed E-state index contributed by atoms with van der Waals surface area (Å²) in [5, 5.41) is 0.676. The van der Waals surface area contributed by atoms with E-state index < -0.39 is 0 Å². The summed E-state index contributed by atoms with van der Waals surface area (Å²) in [4.78, 5) is 21.1. The summed E-state index contributed by atoms with van der Waals surface area (Å²) >= 11 is 1.56. The molecule has 5 rings (SSSR count). The minimum Gasteiger partial charge on any atom is -0.431 e. The number of carbonyl (C=O) groups is 1. The molecule has 7 heteroatoms. The fraction of sp³-hybridized carbons (Fsp3) is 0.417. The number of benzene rings is 2. The van der Waals surface area contributed by atoms with Crippen molar-refractivity contribution >= 4 is 27.5 Å². The molecule has 2 saturated heterocycles. The van der Waals surface area contributed by atoms with Crippen LogP contribution in [0.4, 0.5) is 0 Å². The van der Waals surface area contributed by atoms with Gasteiger partial charge in [-0.3, -0.25) is 4.79 Å². The molecule has 3 heterocycles. The van der Waals surface area contributed by atoms with Gasteiger partial charge in [0.05, 0.1) is 16.8 Å². The average Bonchev–Trinajstić information content (AvgIpc) is 3.22. The molecule has 0 aliphatic carbocycles. The van der Waals surface area contributed by atoms with Crippen LogP contribution >= 0.6 is 11.3 Å². The first kappa shape index (κ1) is 20.4. The SMILES string of the molecule is O=C1COCCN1C1CCN(CCc2ccc(Oc3nc4ccccc4s3)cc2)CC1. The van der Waals surface area contributed by atoms with Gasteiger partial charge in [0.1, 0.15) is 12.4 Å². The molecule has 0 saturated carbocycles. The molecular weight excluding hydrogens is 410 g/mol. The number of fused-ring (bicyclic) bond motifs is 1. The molecular formula is C24H27N3O3S. The van der Waals surface area contributed by atoms with E-state index in [-0.39, 0.29) is 12.5 Å². The molecule has 0 radical (unpaired) electrons. The predicted molar refractivity (Wildman–Crippen MR) is 122 cm³/mol. The van der Waals surface area contributed by atoms with Crippen LogP contribution in [-0.2, 0) is 16.0 Å². The predicted octanol–water partition coefficient (Wildman–Crippen LogP) is 3.95. The van der Waals surface area contributed by atoms with Gasteiger partial charge in [-0.1, -0.05) is 35.6 Å². The number of rotatable bonds is 6. The van der Waals surface area contributed by atoms with E-state index in [0.717, 1.165) is 61.4 Å². The first-order valence-electron chi connectivity index (χ1n) is 11.0. The molecule has 1 amide bonds. The fourth-order valence-corrected chi connectivity index (χ4v) is 5.21. The Morgan fingerprint density at radius 1 is 1.06 bits per heavy atom. The van der Waals surface area contributed by atoms with Crippen molar-refractivity contribution in [1.82, 2.24) is 14.8 Å². The molecule has 0 N–H and O–H groups in total. The highest BCUT2D eigenvalue weighted by Crippen LogP contribution is 2.31. The van der Waals surface area contributed by atoms with Crippen molar-refractivity contribution in [2.45, 2.75) is 25.3 Å². The van der Waals surface area contributed by atoms with Crippen LogP contribution in [0, 0.1) is 0 Å². The molecule has 0 atom stereocenters. The number of para-hydroxylation sites is 1. The zero-order valence-corrected chi connectivity index (χ0v) is 18.4. The molecule has 0 unspecified atom stereocenters. The number of hydrogen-bond donors (Lipinski definition) is 0. The number of ether oxygens (including phenoxy) is 2. The lowest BCUT2D eigenvalue weighted by molar-refractivity contribution is -0.146. The van der Waals surface area contributed by atoms with E-state index in [1.165, 1.54) is 5.56 Å². The number of hydrogen-bond acceptors (Lipinski definition) is 6. The highest BCUT2D eigenvalue weighted by Gasteiger charge is 2.29. The second-order valence-corrected chi connectivity index (χ2v) is 9.15. The average molecular weight is 438 g/mol.